The molecule has 1 aromatic heterocycles. The Labute approximate surface area is 169 Å². The third-order valence-corrected chi connectivity index (χ3v) is 5.10. The smallest absolute Gasteiger partial charge is 0.272 e. The summed E-state index contributed by atoms with van der Waals surface area (Å²) in [5, 5.41) is 0.450. The zero-order valence-corrected chi connectivity index (χ0v) is 16.7. The number of carbonyl (C=O) groups is 2. The molecule has 10 heteroatoms. The van der Waals surface area contributed by atoms with Crippen molar-refractivity contribution in [2.24, 2.45) is 0 Å². The second-order valence-corrected chi connectivity index (χ2v) is 7.46. The highest BCUT2D eigenvalue weighted by Gasteiger charge is 2.26. The molecule has 1 aliphatic heterocycles. The number of anilines is 1. The molecule has 0 saturated carbocycles. The lowest BCUT2D eigenvalue weighted by atomic mass is 10.1. The Morgan fingerprint density at radius 1 is 1.11 bits per heavy atom. The van der Waals surface area contributed by atoms with Gasteiger partial charge in [-0.2, -0.15) is 0 Å². The minimum atomic E-state index is -2.17. The largest absolute Gasteiger partial charge is 0.335 e. The number of carbonyl (C=O) groups excluding carboxylic acids is 2. The SMILES string of the molecule is Cc1cc(C(=O)N2CCN(C(=O)c3cc(Cl)ccn3)CC2)ccc1NS(=O)O. The number of hydrogen-bond acceptors (Lipinski definition) is 4. The van der Waals surface area contributed by atoms with Gasteiger partial charge >= 0.3 is 0 Å². The summed E-state index contributed by atoms with van der Waals surface area (Å²) in [7, 11) is 0. The van der Waals surface area contributed by atoms with Crippen molar-refractivity contribution in [3.8, 4) is 0 Å². The summed E-state index contributed by atoms with van der Waals surface area (Å²) < 4.78 is 22.2. The molecule has 2 aromatic rings. The molecule has 2 heterocycles. The number of nitrogens with zero attached hydrogens (tertiary/aromatic N) is 3. The van der Waals surface area contributed by atoms with E-state index in [2.05, 4.69) is 9.71 Å². The van der Waals surface area contributed by atoms with Crippen molar-refractivity contribution >= 4 is 40.4 Å². The summed E-state index contributed by atoms with van der Waals surface area (Å²) in [6.45, 7) is 3.37. The van der Waals surface area contributed by atoms with Crippen LogP contribution in [-0.2, 0) is 11.3 Å². The molecule has 2 N–H and O–H groups in total. The Balaban J connectivity index is 1.63. The summed E-state index contributed by atoms with van der Waals surface area (Å²) in [5.41, 5.74) is 1.95. The fourth-order valence-corrected chi connectivity index (χ4v) is 3.56. The zero-order valence-electron chi connectivity index (χ0n) is 15.1. The van der Waals surface area contributed by atoms with Gasteiger partial charge in [0.15, 0.2) is 0 Å². The van der Waals surface area contributed by atoms with Crippen molar-refractivity contribution < 1.29 is 18.4 Å². The highest BCUT2D eigenvalue weighted by Crippen LogP contribution is 2.19. The van der Waals surface area contributed by atoms with Crippen LogP contribution in [0.3, 0.4) is 0 Å². The molecule has 148 valence electrons. The minimum absolute atomic E-state index is 0.146. The number of piperazine rings is 1. The van der Waals surface area contributed by atoms with Crippen LogP contribution in [0.5, 0.6) is 0 Å². The van der Waals surface area contributed by atoms with E-state index in [0.29, 0.717) is 48.0 Å². The Kier molecular flexibility index (Phi) is 6.28. The van der Waals surface area contributed by atoms with Gasteiger partial charge in [-0.15, -0.1) is 0 Å². The van der Waals surface area contributed by atoms with Crippen molar-refractivity contribution in [1.82, 2.24) is 14.8 Å². The summed E-state index contributed by atoms with van der Waals surface area (Å²) in [5.74, 6) is -0.356. The molecular formula is C18H19ClN4O4S. The molecule has 0 radical (unpaired) electrons. The monoisotopic (exact) mass is 422 g/mol. The van der Waals surface area contributed by atoms with Crippen LogP contribution in [0.15, 0.2) is 36.5 Å². The lowest BCUT2D eigenvalue weighted by Crippen LogP contribution is -2.50. The molecular weight excluding hydrogens is 404 g/mol. The standard InChI is InChI=1S/C18H19ClN4O4S/c1-12-10-13(2-3-15(12)21-28(26)27)17(24)22-6-8-23(9-7-22)18(25)16-11-14(19)4-5-20-16/h2-5,10-11,21H,6-9H2,1H3,(H,26,27). The fraction of sp³-hybridized carbons (Fsp3) is 0.278. The molecule has 1 unspecified atom stereocenters. The molecule has 28 heavy (non-hydrogen) atoms. The Bertz CT molecular complexity index is 932. The van der Waals surface area contributed by atoms with Gasteiger partial charge in [0.1, 0.15) is 5.69 Å². The van der Waals surface area contributed by atoms with Crippen LogP contribution in [0.1, 0.15) is 26.4 Å². The first-order valence-electron chi connectivity index (χ1n) is 8.53. The quantitative estimate of drug-likeness (QED) is 0.735. The molecule has 1 saturated heterocycles. The third-order valence-electron chi connectivity index (χ3n) is 4.47. The normalized spacial score (nSPS) is 15.2. The molecule has 1 aliphatic rings. The van der Waals surface area contributed by atoms with E-state index < -0.39 is 11.3 Å². The number of amides is 2. The Hall–Kier alpha value is -2.49. The Morgan fingerprint density at radius 3 is 2.32 bits per heavy atom. The summed E-state index contributed by atoms with van der Waals surface area (Å²) >= 11 is 3.74. The van der Waals surface area contributed by atoms with Gasteiger partial charge in [-0.25, -0.2) is 4.21 Å². The second-order valence-electron chi connectivity index (χ2n) is 6.32. The first kappa shape index (κ1) is 20.2. The number of aromatic nitrogens is 1. The molecule has 1 fully saturated rings. The maximum atomic E-state index is 12.7. The van der Waals surface area contributed by atoms with Gasteiger partial charge in [0.05, 0.1) is 5.69 Å². The minimum Gasteiger partial charge on any atom is -0.335 e. The first-order chi connectivity index (χ1) is 13.3. The van der Waals surface area contributed by atoms with Crippen LogP contribution < -0.4 is 4.72 Å². The lowest BCUT2D eigenvalue weighted by molar-refractivity contribution is 0.0532. The summed E-state index contributed by atoms with van der Waals surface area (Å²) in [4.78, 5) is 32.6. The van der Waals surface area contributed by atoms with Crippen molar-refractivity contribution in [3.63, 3.8) is 0 Å². The van der Waals surface area contributed by atoms with E-state index in [1.807, 2.05) is 0 Å². The van der Waals surface area contributed by atoms with Gasteiger partial charge in [-0.05, 0) is 42.8 Å². The highest BCUT2D eigenvalue weighted by atomic mass is 35.5. The van der Waals surface area contributed by atoms with E-state index in [-0.39, 0.29) is 17.5 Å². The van der Waals surface area contributed by atoms with Gasteiger partial charge in [0.2, 0.25) is 0 Å². The number of benzene rings is 1. The van der Waals surface area contributed by atoms with Crippen LogP contribution >= 0.6 is 11.6 Å². The number of hydrogen-bond donors (Lipinski definition) is 2. The van der Waals surface area contributed by atoms with Gasteiger partial charge in [-0.3, -0.25) is 23.8 Å². The fourth-order valence-electron chi connectivity index (χ4n) is 2.98. The molecule has 0 aliphatic carbocycles. The summed E-state index contributed by atoms with van der Waals surface area (Å²) in [6, 6.07) is 8.01. The van der Waals surface area contributed by atoms with Crippen molar-refractivity contribution in [1.29, 1.82) is 0 Å². The molecule has 3 rings (SSSR count). The van der Waals surface area contributed by atoms with Gasteiger partial charge in [-0.1, -0.05) is 11.6 Å². The number of aryl methyl sites for hydroxylation is 1. The van der Waals surface area contributed by atoms with E-state index in [0.717, 1.165) is 0 Å². The molecule has 2 amide bonds. The maximum Gasteiger partial charge on any atom is 0.272 e. The van der Waals surface area contributed by atoms with Crippen LogP contribution in [0, 0.1) is 6.92 Å². The topological polar surface area (TPSA) is 103 Å². The first-order valence-corrected chi connectivity index (χ1v) is 10.0. The van der Waals surface area contributed by atoms with Crippen LogP contribution in [0.4, 0.5) is 5.69 Å². The highest BCUT2D eigenvalue weighted by molar-refractivity contribution is 7.80. The van der Waals surface area contributed by atoms with Gasteiger partial charge < -0.3 is 9.80 Å². The Morgan fingerprint density at radius 2 is 1.75 bits per heavy atom. The summed E-state index contributed by atoms with van der Waals surface area (Å²) in [6.07, 6.45) is 1.49. The van der Waals surface area contributed by atoms with Gasteiger partial charge in [0, 0.05) is 43.0 Å². The molecule has 0 bridgehead atoms. The molecule has 1 atom stereocenters. The van der Waals surface area contributed by atoms with Crippen LogP contribution in [-0.4, -0.2) is 61.5 Å². The van der Waals surface area contributed by atoms with Gasteiger partial charge in [0.25, 0.3) is 23.1 Å². The molecule has 8 nitrogen and oxygen atoms in total. The zero-order chi connectivity index (χ0) is 20.3. The molecule has 1 aromatic carbocycles. The number of halogens is 1. The van der Waals surface area contributed by atoms with E-state index in [9.17, 15) is 13.8 Å². The van der Waals surface area contributed by atoms with E-state index in [4.69, 9.17) is 16.2 Å². The predicted molar refractivity (Wildman–Crippen MR) is 107 cm³/mol. The maximum absolute atomic E-state index is 12.7. The predicted octanol–water partition coefficient (Wildman–Crippen LogP) is 2.19. The van der Waals surface area contributed by atoms with Crippen LogP contribution in [0.25, 0.3) is 0 Å². The van der Waals surface area contributed by atoms with Crippen LogP contribution in [0.2, 0.25) is 5.02 Å². The lowest BCUT2D eigenvalue weighted by Gasteiger charge is -2.34. The third kappa shape index (κ3) is 4.67. The molecule has 0 spiro atoms. The van der Waals surface area contributed by atoms with E-state index in [1.165, 1.54) is 12.3 Å². The van der Waals surface area contributed by atoms with E-state index in [1.54, 1.807) is 41.0 Å². The average molecular weight is 423 g/mol. The number of rotatable bonds is 4. The number of nitrogens with one attached hydrogen (secondary N) is 1. The second kappa shape index (κ2) is 8.68. The average Bonchev–Trinajstić information content (AvgIpc) is 2.68. The van der Waals surface area contributed by atoms with E-state index >= 15 is 0 Å². The van der Waals surface area contributed by atoms with Crippen molar-refractivity contribution in [2.75, 3.05) is 30.9 Å². The number of pyridine rings is 1. The van der Waals surface area contributed by atoms with Crippen molar-refractivity contribution in [3.05, 3.63) is 58.4 Å². The van der Waals surface area contributed by atoms with Crippen molar-refractivity contribution in [2.45, 2.75) is 6.92 Å².